The summed E-state index contributed by atoms with van der Waals surface area (Å²) >= 11 is 0. The fourth-order valence-electron chi connectivity index (χ4n) is 2.02. The molecule has 7 nitrogen and oxygen atoms in total. The first-order valence-corrected chi connectivity index (χ1v) is 7.71. The monoisotopic (exact) mass is 307 g/mol. The van der Waals surface area contributed by atoms with Gasteiger partial charge in [-0.2, -0.15) is 0 Å². The fourth-order valence-corrected chi connectivity index (χ4v) is 3.10. The zero-order valence-corrected chi connectivity index (χ0v) is 12.1. The number of benzene rings is 1. The summed E-state index contributed by atoms with van der Waals surface area (Å²) in [6, 6.07) is 4.97. The molecule has 0 bridgehead atoms. The van der Waals surface area contributed by atoms with Crippen molar-refractivity contribution in [1.82, 2.24) is 9.97 Å². The first-order chi connectivity index (χ1) is 10.1. The normalized spacial score (nSPS) is 13.4. The summed E-state index contributed by atoms with van der Waals surface area (Å²) in [6.45, 7) is 0.582. The number of fused-ring (bicyclic) bond motifs is 1. The predicted octanol–water partition coefficient (Wildman–Crippen LogP) is 1.22. The molecule has 0 unspecified atom stereocenters. The van der Waals surface area contributed by atoms with E-state index in [1.807, 2.05) is 0 Å². The Kier molecular flexibility index (Phi) is 3.38. The van der Waals surface area contributed by atoms with Gasteiger partial charge in [-0.05, 0) is 23.8 Å². The van der Waals surface area contributed by atoms with E-state index in [2.05, 4.69) is 14.7 Å². The maximum atomic E-state index is 12.3. The average molecular weight is 307 g/mol. The molecule has 0 atom stereocenters. The van der Waals surface area contributed by atoms with Crippen LogP contribution in [-0.2, 0) is 16.4 Å². The van der Waals surface area contributed by atoms with Crippen LogP contribution in [0, 0.1) is 0 Å². The highest BCUT2D eigenvalue weighted by Crippen LogP contribution is 2.28. The molecule has 8 heteroatoms. The minimum absolute atomic E-state index is 0.174. The van der Waals surface area contributed by atoms with Crippen LogP contribution in [-0.4, -0.2) is 32.1 Å². The second-order valence-electron chi connectivity index (χ2n) is 4.43. The van der Waals surface area contributed by atoms with Gasteiger partial charge in [0.15, 0.2) is 0 Å². The molecule has 0 radical (unpaired) electrons. The van der Waals surface area contributed by atoms with Gasteiger partial charge in [0.1, 0.15) is 5.75 Å². The van der Waals surface area contributed by atoms with Gasteiger partial charge in [0, 0.05) is 6.42 Å². The molecule has 0 aliphatic carbocycles. The Hall–Kier alpha value is -2.35. The standard InChI is InChI=1S/C13H13N3O4S/c1-19-13-14-7-10(8-15-13)16-21(17,18)11-2-3-12-9(6-11)4-5-20-12/h2-3,6-8,16H,4-5H2,1H3. The van der Waals surface area contributed by atoms with Crippen molar-refractivity contribution in [2.45, 2.75) is 11.3 Å². The number of rotatable bonds is 4. The minimum atomic E-state index is -3.68. The van der Waals surface area contributed by atoms with Gasteiger partial charge in [-0.25, -0.2) is 18.4 Å². The minimum Gasteiger partial charge on any atom is -0.493 e. The summed E-state index contributed by atoms with van der Waals surface area (Å²) in [5.41, 5.74) is 1.16. The van der Waals surface area contributed by atoms with E-state index in [9.17, 15) is 8.42 Å². The lowest BCUT2D eigenvalue weighted by atomic mass is 10.2. The van der Waals surface area contributed by atoms with Gasteiger partial charge in [-0.3, -0.25) is 4.72 Å². The molecule has 0 amide bonds. The molecule has 0 saturated heterocycles. The number of nitrogens with one attached hydrogen (secondary N) is 1. The first-order valence-electron chi connectivity index (χ1n) is 6.23. The van der Waals surface area contributed by atoms with Crippen LogP contribution in [0.2, 0.25) is 0 Å². The fraction of sp³-hybridized carbons (Fsp3) is 0.231. The molecule has 1 aliphatic heterocycles. The Morgan fingerprint density at radius 2 is 2.05 bits per heavy atom. The zero-order chi connectivity index (χ0) is 14.9. The van der Waals surface area contributed by atoms with E-state index < -0.39 is 10.0 Å². The van der Waals surface area contributed by atoms with Gasteiger partial charge in [0.2, 0.25) is 0 Å². The molecule has 1 aromatic heterocycles. The maximum Gasteiger partial charge on any atom is 0.316 e. The quantitative estimate of drug-likeness (QED) is 0.913. The number of hydrogen-bond acceptors (Lipinski definition) is 6. The summed E-state index contributed by atoms with van der Waals surface area (Å²) in [5.74, 6) is 0.738. The Morgan fingerprint density at radius 3 is 2.76 bits per heavy atom. The molecular formula is C13H13N3O4S. The summed E-state index contributed by atoms with van der Waals surface area (Å²) in [6.07, 6.45) is 3.41. The van der Waals surface area contributed by atoms with Crippen LogP contribution < -0.4 is 14.2 Å². The summed E-state index contributed by atoms with van der Waals surface area (Å²) < 4.78 is 37.2. The van der Waals surface area contributed by atoms with Crippen molar-refractivity contribution < 1.29 is 17.9 Å². The summed E-state index contributed by atoms with van der Waals surface area (Å²) in [7, 11) is -2.24. The lowest BCUT2D eigenvalue weighted by molar-refractivity contribution is 0.356. The molecule has 0 fully saturated rings. The molecule has 1 aromatic carbocycles. The summed E-state index contributed by atoms with van der Waals surface area (Å²) in [4.78, 5) is 7.89. The lowest BCUT2D eigenvalue weighted by Gasteiger charge is -2.08. The van der Waals surface area contributed by atoms with Gasteiger partial charge < -0.3 is 9.47 Å². The van der Waals surface area contributed by atoms with E-state index in [-0.39, 0.29) is 16.6 Å². The number of anilines is 1. The Morgan fingerprint density at radius 1 is 1.29 bits per heavy atom. The molecular weight excluding hydrogens is 294 g/mol. The van der Waals surface area contributed by atoms with Crippen LogP contribution in [0.5, 0.6) is 11.8 Å². The second kappa shape index (κ2) is 5.21. The second-order valence-corrected chi connectivity index (χ2v) is 6.11. The summed E-state index contributed by atoms with van der Waals surface area (Å²) in [5, 5.41) is 0. The number of hydrogen-bond donors (Lipinski definition) is 1. The number of nitrogens with zero attached hydrogens (tertiary/aromatic N) is 2. The predicted molar refractivity (Wildman–Crippen MR) is 75.0 cm³/mol. The highest BCUT2D eigenvalue weighted by molar-refractivity contribution is 7.92. The molecule has 0 spiro atoms. The van der Waals surface area contributed by atoms with Crippen LogP contribution >= 0.6 is 0 Å². The molecule has 1 aliphatic rings. The van der Waals surface area contributed by atoms with Crippen LogP contribution in [0.15, 0.2) is 35.5 Å². The topological polar surface area (TPSA) is 90.4 Å². The largest absolute Gasteiger partial charge is 0.493 e. The Bertz CT molecular complexity index is 759. The van der Waals surface area contributed by atoms with E-state index in [1.165, 1.54) is 25.6 Å². The molecule has 0 saturated carbocycles. The number of ether oxygens (including phenoxy) is 2. The van der Waals surface area contributed by atoms with Gasteiger partial charge in [0.25, 0.3) is 10.0 Å². The van der Waals surface area contributed by atoms with Crippen LogP contribution in [0.3, 0.4) is 0 Å². The van der Waals surface area contributed by atoms with Gasteiger partial charge in [-0.15, -0.1) is 0 Å². The molecule has 2 heterocycles. The third kappa shape index (κ3) is 2.75. The number of methoxy groups -OCH3 is 1. The van der Waals surface area contributed by atoms with Crippen molar-refractivity contribution in [1.29, 1.82) is 0 Å². The van der Waals surface area contributed by atoms with E-state index in [0.29, 0.717) is 13.0 Å². The van der Waals surface area contributed by atoms with E-state index in [4.69, 9.17) is 9.47 Å². The smallest absolute Gasteiger partial charge is 0.316 e. The van der Waals surface area contributed by atoms with Crippen molar-refractivity contribution in [3.8, 4) is 11.8 Å². The van der Waals surface area contributed by atoms with Crippen molar-refractivity contribution >= 4 is 15.7 Å². The molecule has 110 valence electrons. The SMILES string of the molecule is COc1ncc(NS(=O)(=O)c2ccc3c(c2)CCO3)cn1. The molecule has 2 aromatic rings. The van der Waals surface area contributed by atoms with Gasteiger partial charge in [-0.1, -0.05) is 0 Å². The maximum absolute atomic E-state index is 12.3. The van der Waals surface area contributed by atoms with Crippen molar-refractivity contribution in [3.63, 3.8) is 0 Å². The average Bonchev–Trinajstić information content (AvgIpc) is 2.95. The van der Waals surface area contributed by atoms with Crippen molar-refractivity contribution in [2.24, 2.45) is 0 Å². The highest BCUT2D eigenvalue weighted by atomic mass is 32.2. The molecule has 21 heavy (non-hydrogen) atoms. The van der Waals surface area contributed by atoms with E-state index in [1.54, 1.807) is 12.1 Å². The van der Waals surface area contributed by atoms with Crippen LogP contribution in [0.25, 0.3) is 0 Å². The third-order valence-electron chi connectivity index (χ3n) is 3.03. The lowest BCUT2D eigenvalue weighted by Crippen LogP contribution is -2.13. The number of sulfonamides is 1. The number of aromatic nitrogens is 2. The Labute approximate surface area is 122 Å². The van der Waals surface area contributed by atoms with Gasteiger partial charge >= 0.3 is 6.01 Å². The highest BCUT2D eigenvalue weighted by Gasteiger charge is 2.19. The van der Waals surface area contributed by atoms with Crippen LogP contribution in [0.1, 0.15) is 5.56 Å². The molecule has 1 N–H and O–H groups in total. The van der Waals surface area contributed by atoms with Crippen LogP contribution in [0.4, 0.5) is 5.69 Å². The Balaban J connectivity index is 1.86. The van der Waals surface area contributed by atoms with Gasteiger partial charge in [0.05, 0.1) is 36.7 Å². The third-order valence-corrected chi connectivity index (χ3v) is 4.41. The first kappa shape index (κ1) is 13.6. The zero-order valence-electron chi connectivity index (χ0n) is 11.2. The van der Waals surface area contributed by atoms with E-state index >= 15 is 0 Å². The molecule has 3 rings (SSSR count). The van der Waals surface area contributed by atoms with E-state index in [0.717, 1.165) is 11.3 Å². The van der Waals surface area contributed by atoms with Crippen molar-refractivity contribution in [3.05, 3.63) is 36.2 Å². The van der Waals surface area contributed by atoms with Crippen molar-refractivity contribution in [2.75, 3.05) is 18.4 Å².